The van der Waals surface area contributed by atoms with Gasteiger partial charge in [-0.2, -0.15) is 0 Å². The number of carbonyl (C=O) groups excluding carboxylic acids is 2. The van der Waals surface area contributed by atoms with Crippen LogP contribution in [0.2, 0.25) is 0 Å². The van der Waals surface area contributed by atoms with Gasteiger partial charge in [-0.25, -0.2) is 29.5 Å². The summed E-state index contributed by atoms with van der Waals surface area (Å²) in [4.78, 5) is 45.9. The first-order valence-electron chi connectivity index (χ1n) is 20.9. The Morgan fingerprint density at radius 3 is 1.82 bits per heavy atom. The summed E-state index contributed by atoms with van der Waals surface area (Å²) in [7, 11) is 8.14. The summed E-state index contributed by atoms with van der Waals surface area (Å²) in [6.07, 6.45) is 7.20. The molecule has 6 rings (SSSR count). The fourth-order valence-electron chi connectivity index (χ4n) is 5.70. The lowest BCUT2D eigenvalue weighted by Gasteiger charge is -2.17. The summed E-state index contributed by atoms with van der Waals surface area (Å²) >= 11 is 0. The van der Waals surface area contributed by atoms with E-state index in [-0.39, 0.29) is 11.5 Å². The highest BCUT2D eigenvalue weighted by atomic mass is 16.6. The van der Waals surface area contributed by atoms with Crippen molar-refractivity contribution in [1.82, 2.24) is 34.9 Å². The van der Waals surface area contributed by atoms with Gasteiger partial charge in [-0.05, 0) is 96.6 Å². The highest BCUT2D eigenvalue weighted by molar-refractivity contribution is 5.99. The zero-order valence-electron chi connectivity index (χ0n) is 38.1. The molecule has 3 aromatic carbocycles. The van der Waals surface area contributed by atoms with Crippen LogP contribution >= 0.6 is 0 Å². The Hall–Kier alpha value is -7.79. The van der Waals surface area contributed by atoms with Crippen LogP contribution < -0.4 is 31.3 Å². The van der Waals surface area contributed by atoms with Crippen LogP contribution in [0.1, 0.15) is 62.1 Å². The number of ether oxygens (including phenoxy) is 1. The molecule has 1 unspecified atom stereocenters. The normalized spacial score (nSPS) is 11.1. The predicted octanol–water partition coefficient (Wildman–Crippen LogP) is 8.02. The third-order valence-corrected chi connectivity index (χ3v) is 8.76. The number of rotatable bonds is 13. The minimum Gasteiger partial charge on any atom is -0.410 e. The van der Waals surface area contributed by atoms with Crippen molar-refractivity contribution in [1.29, 1.82) is 0 Å². The molecule has 0 saturated carbocycles. The van der Waals surface area contributed by atoms with E-state index in [2.05, 4.69) is 92.1 Å². The smallest absolute Gasteiger partial charge is 0.410 e. The van der Waals surface area contributed by atoms with E-state index in [0.717, 1.165) is 37.2 Å². The van der Waals surface area contributed by atoms with E-state index < -0.39 is 12.1 Å². The van der Waals surface area contributed by atoms with Crippen LogP contribution in [0.25, 0.3) is 0 Å². The number of hydrogen-bond donors (Lipinski definition) is 5. The lowest BCUT2D eigenvalue weighted by Crippen LogP contribution is -2.30. The Labute approximate surface area is 381 Å². The Bertz CT molecular complexity index is 2570. The molecule has 0 aliphatic carbocycles. The zero-order valence-corrected chi connectivity index (χ0v) is 38.1. The standard InChI is InChI=1S/C25H31N7O2.C24H25N5O2/c1-17(16-32(5)6)28-23-26-14-19(15-27-23)11-10-18-8-7-9-20(12-18)29-24(33)30-22-13-21(34-31-22)25(2,3)4;1-29(2)15-7-14-25-23-26-17-20(18-27-23)13-12-19-8-6-9-21(16-19)28-24(30)31-22-10-4-3-5-11-22/h7-9,12-15,17H,16H2,1-6H3,(H,26,27,28)(H2,29,30,31,33);3-6,8-11,16-18H,7,14-15H2,1-2H3,(H,28,30)(H,25,26,27). The molecule has 3 heterocycles. The fraction of sp³-hybridized carbons (Fsp3) is 0.286. The second kappa shape index (κ2) is 24.2. The van der Waals surface area contributed by atoms with Gasteiger partial charge in [0.25, 0.3) is 0 Å². The van der Waals surface area contributed by atoms with Crippen molar-refractivity contribution in [3.8, 4) is 29.4 Å². The van der Waals surface area contributed by atoms with Crippen LogP contribution in [0.4, 0.5) is 38.7 Å². The highest BCUT2D eigenvalue weighted by Crippen LogP contribution is 2.24. The largest absolute Gasteiger partial charge is 0.417 e. The van der Waals surface area contributed by atoms with Crippen LogP contribution in [-0.2, 0) is 5.41 Å². The fourth-order valence-corrected chi connectivity index (χ4v) is 5.70. The Morgan fingerprint density at radius 2 is 1.26 bits per heavy atom. The molecule has 65 heavy (non-hydrogen) atoms. The molecule has 16 heteroatoms. The molecule has 0 radical (unpaired) electrons. The Kier molecular flexibility index (Phi) is 17.9. The summed E-state index contributed by atoms with van der Waals surface area (Å²) in [5, 5.41) is 18.5. The first-order valence-corrected chi connectivity index (χ1v) is 20.9. The Balaban J connectivity index is 0.000000245. The number of amides is 3. The zero-order chi connectivity index (χ0) is 46.6. The topological polar surface area (TPSA) is 188 Å². The minimum absolute atomic E-state index is 0.192. The summed E-state index contributed by atoms with van der Waals surface area (Å²) in [5.41, 5.74) is 3.92. The average molecular weight is 877 g/mol. The van der Waals surface area contributed by atoms with Gasteiger partial charge in [0.05, 0.1) is 11.1 Å². The highest BCUT2D eigenvalue weighted by Gasteiger charge is 2.20. The van der Waals surface area contributed by atoms with Crippen molar-refractivity contribution in [2.45, 2.75) is 45.6 Å². The van der Waals surface area contributed by atoms with Gasteiger partial charge in [0.15, 0.2) is 5.82 Å². The predicted molar refractivity (Wildman–Crippen MR) is 256 cm³/mol. The van der Waals surface area contributed by atoms with Gasteiger partial charge in [0, 0.05) is 77.9 Å². The quantitative estimate of drug-likeness (QED) is 0.0555. The first-order chi connectivity index (χ1) is 31.2. The van der Waals surface area contributed by atoms with Gasteiger partial charge < -0.3 is 35.0 Å². The lowest BCUT2D eigenvalue weighted by atomic mass is 9.93. The monoisotopic (exact) mass is 876 g/mol. The second-order valence-corrected chi connectivity index (χ2v) is 16.4. The molecule has 0 fully saturated rings. The number of para-hydroxylation sites is 1. The number of urea groups is 1. The maximum Gasteiger partial charge on any atom is 0.417 e. The lowest BCUT2D eigenvalue weighted by molar-refractivity contribution is 0.215. The molecule has 0 bridgehead atoms. The van der Waals surface area contributed by atoms with E-state index in [1.165, 1.54) is 0 Å². The van der Waals surface area contributed by atoms with Crippen molar-refractivity contribution in [2.75, 3.05) is 74.4 Å². The number of aromatic nitrogens is 5. The molecular weight excluding hydrogens is 821 g/mol. The van der Waals surface area contributed by atoms with Crippen LogP contribution in [0.5, 0.6) is 5.75 Å². The molecule has 6 aromatic rings. The summed E-state index contributed by atoms with van der Waals surface area (Å²) in [6.45, 7) is 10.8. The van der Waals surface area contributed by atoms with Gasteiger partial charge in [-0.15, -0.1) is 0 Å². The van der Waals surface area contributed by atoms with Crippen molar-refractivity contribution in [2.24, 2.45) is 0 Å². The van der Waals surface area contributed by atoms with Gasteiger partial charge in [0.1, 0.15) is 11.5 Å². The van der Waals surface area contributed by atoms with Crippen LogP contribution in [0.3, 0.4) is 0 Å². The second-order valence-electron chi connectivity index (χ2n) is 16.4. The van der Waals surface area contributed by atoms with Gasteiger partial charge in [-0.3, -0.25) is 10.6 Å². The number of benzene rings is 3. The molecule has 336 valence electrons. The van der Waals surface area contributed by atoms with E-state index >= 15 is 0 Å². The number of hydrogen-bond acceptors (Lipinski definition) is 13. The number of nitrogens with zero attached hydrogens (tertiary/aromatic N) is 7. The van der Waals surface area contributed by atoms with Crippen molar-refractivity contribution in [3.63, 3.8) is 0 Å². The first kappa shape index (κ1) is 48.2. The average Bonchev–Trinajstić information content (AvgIpc) is 3.74. The summed E-state index contributed by atoms with van der Waals surface area (Å²) < 4.78 is 10.5. The molecule has 0 aliphatic rings. The van der Waals surface area contributed by atoms with E-state index in [1.54, 1.807) is 79.4 Å². The molecule has 3 aromatic heterocycles. The molecule has 0 aliphatic heterocycles. The van der Waals surface area contributed by atoms with E-state index in [4.69, 9.17) is 9.26 Å². The van der Waals surface area contributed by atoms with Gasteiger partial charge >= 0.3 is 12.1 Å². The van der Waals surface area contributed by atoms with Crippen molar-refractivity contribution in [3.05, 3.63) is 138 Å². The maximum absolute atomic E-state index is 12.3. The Morgan fingerprint density at radius 1 is 0.692 bits per heavy atom. The number of nitrogens with one attached hydrogen (secondary N) is 5. The van der Waals surface area contributed by atoms with E-state index in [9.17, 15) is 9.59 Å². The molecule has 3 amide bonds. The maximum atomic E-state index is 12.3. The number of likely N-dealkylation sites (N-methyl/N-ethyl adjacent to an activating group) is 1. The van der Waals surface area contributed by atoms with Gasteiger partial charge in [0.2, 0.25) is 11.9 Å². The molecule has 16 nitrogen and oxygen atoms in total. The van der Waals surface area contributed by atoms with Crippen LogP contribution in [-0.4, -0.2) is 101 Å². The van der Waals surface area contributed by atoms with E-state index in [0.29, 0.717) is 51.7 Å². The summed E-state index contributed by atoms with van der Waals surface area (Å²) in [6, 6.07) is 24.9. The molecule has 0 spiro atoms. The molecule has 0 saturated heterocycles. The van der Waals surface area contributed by atoms with E-state index in [1.807, 2.05) is 79.3 Å². The van der Waals surface area contributed by atoms with Crippen molar-refractivity contribution >= 4 is 41.2 Å². The van der Waals surface area contributed by atoms with Crippen molar-refractivity contribution < 1.29 is 18.8 Å². The molecule has 1 atom stereocenters. The minimum atomic E-state index is -0.557. The molecule has 5 N–H and O–H groups in total. The van der Waals surface area contributed by atoms with Crippen LogP contribution in [0.15, 0.2) is 114 Å². The third kappa shape index (κ3) is 17.8. The van der Waals surface area contributed by atoms with Crippen LogP contribution in [0, 0.1) is 23.7 Å². The molecular formula is C49H56N12O4. The third-order valence-electron chi connectivity index (χ3n) is 8.76. The van der Waals surface area contributed by atoms with Gasteiger partial charge in [-0.1, -0.05) is 79.9 Å². The number of anilines is 5. The number of carbonyl (C=O) groups is 2. The summed E-state index contributed by atoms with van der Waals surface area (Å²) in [5.74, 6) is 14.9. The SMILES string of the molecule is CC(CN(C)C)Nc1ncc(C#Cc2cccc(NC(=O)Nc3cc(C(C)(C)C)on3)c2)cn1.CN(C)CCCNc1ncc(C#Cc2cccc(NC(=O)Oc3ccccc3)c2)cn1.